The molecule has 2 N–H and O–H groups in total. The van der Waals surface area contributed by atoms with E-state index in [1.807, 2.05) is 0 Å². The van der Waals surface area contributed by atoms with E-state index in [0.717, 1.165) is 12.5 Å². The maximum absolute atomic E-state index is 6.19. The van der Waals surface area contributed by atoms with Gasteiger partial charge in [0, 0.05) is 25.2 Å². The fourth-order valence-corrected chi connectivity index (χ4v) is 2.63. The van der Waals surface area contributed by atoms with Crippen LogP contribution in [0.5, 0.6) is 0 Å². The Morgan fingerprint density at radius 3 is 2.54 bits per heavy atom. The van der Waals surface area contributed by atoms with Crippen molar-refractivity contribution in [2.45, 2.75) is 44.6 Å². The molecule has 1 aliphatic carbocycles. The van der Waals surface area contributed by atoms with Crippen molar-refractivity contribution in [3.63, 3.8) is 0 Å². The minimum absolute atomic E-state index is 0.206. The summed E-state index contributed by atoms with van der Waals surface area (Å²) in [6.07, 6.45) is 6.60. The summed E-state index contributed by atoms with van der Waals surface area (Å²) in [5.74, 6) is 0.980. The highest BCUT2D eigenvalue weighted by atomic mass is 15.2. The third-order valence-electron chi connectivity index (χ3n) is 3.62. The van der Waals surface area contributed by atoms with Crippen molar-refractivity contribution in [2.24, 2.45) is 11.7 Å². The zero-order valence-corrected chi connectivity index (χ0v) is 8.76. The van der Waals surface area contributed by atoms with Gasteiger partial charge in [-0.2, -0.15) is 0 Å². The number of nitrogens with zero attached hydrogens (tertiary/aromatic N) is 1. The standard InChI is InChI=1S/C11H22N2/c1-2-4-10-7-13(8-10)9-11(12)5-3-6-11/h10H,2-9,12H2,1H3. The summed E-state index contributed by atoms with van der Waals surface area (Å²) in [5, 5.41) is 0. The van der Waals surface area contributed by atoms with Gasteiger partial charge in [0.25, 0.3) is 0 Å². The Hall–Kier alpha value is -0.0800. The lowest BCUT2D eigenvalue weighted by molar-refractivity contribution is 0.0460. The van der Waals surface area contributed by atoms with Crippen molar-refractivity contribution >= 4 is 0 Å². The van der Waals surface area contributed by atoms with E-state index in [-0.39, 0.29) is 5.54 Å². The third-order valence-corrected chi connectivity index (χ3v) is 3.62. The van der Waals surface area contributed by atoms with Crippen LogP contribution in [-0.2, 0) is 0 Å². The Labute approximate surface area is 81.5 Å². The van der Waals surface area contributed by atoms with E-state index < -0.39 is 0 Å². The van der Waals surface area contributed by atoms with E-state index in [4.69, 9.17) is 5.73 Å². The zero-order chi connectivity index (χ0) is 9.31. The van der Waals surface area contributed by atoms with Crippen LogP contribution in [0.1, 0.15) is 39.0 Å². The van der Waals surface area contributed by atoms with E-state index >= 15 is 0 Å². The lowest BCUT2D eigenvalue weighted by Gasteiger charge is -2.48. The Bertz CT molecular complexity index is 169. The van der Waals surface area contributed by atoms with Crippen LogP contribution in [0.15, 0.2) is 0 Å². The molecule has 0 aromatic rings. The molecule has 2 fully saturated rings. The molecular formula is C11H22N2. The van der Waals surface area contributed by atoms with Gasteiger partial charge in [-0.1, -0.05) is 13.3 Å². The monoisotopic (exact) mass is 182 g/mol. The molecule has 1 heterocycles. The number of hydrogen-bond donors (Lipinski definition) is 1. The summed E-state index contributed by atoms with van der Waals surface area (Å²) in [5.41, 5.74) is 6.40. The minimum Gasteiger partial charge on any atom is -0.324 e. The molecule has 2 aliphatic rings. The van der Waals surface area contributed by atoms with E-state index in [2.05, 4.69) is 11.8 Å². The topological polar surface area (TPSA) is 29.3 Å². The Morgan fingerprint density at radius 2 is 2.08 bits per heavy atom. The Morgan fingerprint density at radius 1 is 1.38 bits per heavy atom. The highest BCUT2D eigenvalue weighted by molar-refractivity contribution is 4.97. The average Bonchev–Trinajstić information content (AvgIpc) is 1.98. The van der Waals surface area contributed by atoms with Crippen molar-refractivity contribution in [2.75, 3.05) is 19.6 Å². The predicted molar refractivity (Wildman–Crippen MR) is 55.6 cm³/mol. The van der Waals surface area contributed by atoms with E-state index in [9.17, 15) is 0 Å². The first-order valence-electron chi connectivity index (χ1n) is 5.73. The Balaban J connectivity index is 1.63. The molecule has 0 unspecified atom stereocenters. The normalized spacial score (nSPS) is 28.2. The molecule has 0 radical (unpaired) electrons. The summed E-state index contributed by atoms with van der Waals surface area (Å²) in [6.45, 7) is 6.06. The minimum atomic E-state index is 0.206. The largest absolute Gasteiger partial charge is 0.324 e. The molecule has 1 saturated heterocycles. The van der Waals surface area contributed by atoms with Crippen LogP contribution >= 0.6 is 0 Å². The van der Waals surface area contributed by atoms with Gasteiger partial charge in [0.2, 0.25) is 0 Å². The molecule has 2 heteroatoms. The van der Waals surface area contributed by atoms with Crippen LogP contribution in [0.2, 0.25) is 0 Å². The van der Waals surface area contributed by atoms with E-state index in [0.29, 0.717) is 0 Å². The molecule has 0 aromatic carbocycles. The first kappa shape index (κ1) is 9.47. The fourth-order valence-electron chi connectivity index (χ4n) is 2.63. The van der Waals surface area contributed by atoms with Gasteiger partial charge in [-0.25, -0.2) is 0 Å². The maximum atomic E-state index is 6.19. The summed E-state index contributed by atoms with van der Waals surface area (Å²) in [4.78, 5) is 2.54. The first-order chi connectivity index (χ1) is 6.22. The second-order valence-corrected chi connectivity index (χ2v) is 5.06. The average molecular weight is 182 g/mol. The van der Waals surface area contributed by atoms with Crippen molar-refractivity contribution in [1.29, 1.82) is 0 Å². The lowest BCUT2D eigenvalue weighted by Crippen LogP contribution is -2.60. The number of hydrogen-bond acceptors (Lipinski definition) is 2. The van der Waals surface area contributed by atoms with Crippen molar-refractivity contribution in [3.8, 4) is 0 Å². The van der Waals surface area contributed by atoms with E-state index in [1.54, 1.807) is 0 Å². The summed E-state index contributed by atoms with van der Waals surface area (Å²) in [6, 6.07) is 0. The van der Waals surface area contributed by atoms with Crippen LogP contribution in [-0.4, -0.2) is 30.1 Å². The van der Waals surface area contributed by atoms with Crippen molar-refractivity contribution in [1.82, 2.24) is 4.90 Å². The van der Waals surface area contributed by atoms with Gasteiger partial charge in [-0.15, -0.1) is 0 Å². The molecule has 2 nitrogen and oxygen atoms in total. The maximum Gasteiger partial charge on any atom is 0.0283 e. The zero-order valence-electron chi connectivity index (χ0n) is 8.76. The number of rotatable bonds is 4. The van der Waals surface area contributed by atoms with Gasteiger partial charge in [0.05, 0.1) is 0 Å². The van der Waals surface area contributed by atoms with Gasteiger partial charge in [0.15, 0.2) is 0 Å². The predicted octanol–water partition coefficient (Wildman–Crippen LogP) is 1.60. The molecule has 1 saturated carbocycles. The molecule has 0 bridgehead atoms. The fraction of sp³-hybridized carbons (Fsp3) is 1.00. The molecule has 0 amide bonds. The first-order valence-corrected chi connectivity index (χ1v) is 5.73. The molecule has 0 spiro atoms. The molecule has 1 aliphatic heterocycles. The van der Waals surface area contributed by atoms with Crippen LogP contribution in [0, 0.1) is 5.92 Å². The highest BCUT2D eigenvalue weighted by Gasteiger charge is 2.37. The van der Waals surface area contributed by atoms with E-state index in [1.165, 1.54) is 45.2 Å². The van der Waals surface area contributed by atoms with Gasteiger partial charge >= 0.3 is 0 Å². The third kappa shape index (κ3) is 2.05. The smallest absolute Gasteiger partial charge is 0.0283 e. The van der Waals surface area contributed by atoms with Gasteiger partial charge < -0.3 is 10.6 Å². The SMILES string of the molecule is CCCC1CN(CC2(N)CCC2)C1. The van der Waals surface area contributed by atoms with Crippen LogP contribution < -0.4 is 5.73 Å². The molecular weight excluding hydrogens is 160 g/mol. The molecule has 76 valence electrons. The number of nitrogens with two attached hydrogens (primary N) is 1. The van der Waals surface area contributed by atoms with Gasteiger partial charge in [0.1, 0.15) is 0 Å². The van der Waals surface area contributed by atoms with Crippen molar-refractivity contribution < 1.29 is 0 Å². The number of likely N-dealkylation sites (tertiary alicyclic amines) is 1. The summed E-state index contributed by atoms with van der Waals surface area (Å²) in [7, 11) is 0. The quantitative estimate of drug-likeness (QED) is 0.715. The second kappa shape index (κ2) is 3.58. The second-order valence-electron chi connectivity index (χ2n) is 5.06. The Kier molecular flexibility index (Phi) is 2.61. The molecule has 0 aromatic heterocycles. The van der Waals surface area contributed by atoms with Crippen molar-refractivity contribution in [3.05, 3.63) is 0 Å². The van der Waals surface area contributed by atoms with Crippen LogP contribution in [0.4, 0.5) is 0 Å². The summed E-state index contributed by atoms with van der Waals surface area (Å²) >= 11 is 0. The summed E-state index contributed by atoms with van der Waals surface area (Å²) < 4.78 is 0. The molecule has 0 atom stereocenters. The molecule has 13 heavy (non-hydrogen) atoms. The molecule has 2 rings (SSSR count). The van der Waals surface area contributed by atoms with Gasteiger partial charge in [-0.3, -0.25) is 0 Å². The van der Waals surface area contributed by atoms with Gasteiger partial charge in [-0.05, 0) is 31.6 Å². The van der Waals surface area contributed by atoms with Crippen LogP contribution in [0.3, 0.4) is 0 Å². The lowest BCUT2D eigenvalue weighted by atomic mass is 9.76. The highest BCUT2D eigenvalue weighted by Crippen LogP contribution is 2.32. The van der Waals surface area contributed by atoms with Crippen LogP contribution in [0.25, 0.3) is 0 Å².